The number of hydrogen-bond donors (Lipinski definition) is 1. The van der Waals surface area contributed by atoms with Gasteiger partial charge in [-0.3, -0.25) is 9.59 Å². The maximum atomic E-state index is 13.9. The molecule has 1 aliphatic heterocycles. The molecule has 1 fully saturated rings. The number of nitrogens with zero attached hydrogens (tertiary/aromatic N) is 3. The third-order valence-electron chi connectivity index (χ3n) is 5.49. The van der Waals surface area contributed by atoms with Gasteiger partial charge >= 0.3 is 0 Å². The topological polar surface area (TPSA) is 67.2 Å². The van der Waals surface area contributed by atoms with E-state index in [4.69, 9.17) is 0 Å². The van der Waals surface area contributed by atoms with Gasteiger partial charge in [-0.2, -0.15) is 5.10 Å². The Labute approximate surface area is 178 Å². The summed E-state index contributed by atoms with van der Waals surface area (Å²) >= 11 is 0. The molecule has 1 aliphatic rings. The summed E-state index contributed by atoms with van der Waals surface area (Å²) in [5.74, 6) is -2.33. The molecular weight excluding hydrogens is 402 g/mol. The van der Waals surface area contributed by atoms with Gasteiger partial charge in [-0.15, -0.1) is 0 Å². The van der Waals surface area contributed by atoms with Gasteiger partial charge in [0.2, 0.25) is 5.91 Å². The minimum Gasteiger partial charge on any atom is -0.352 e. The van der Waals surface area contributed by atoms with Crippen LogP contribution in [-0.4, -0.2) is 39.6 Å². The van der Waals surface area contributed by atoms with Crippen LogP contribution >= 0.6 is 0 Å². The average Bonchev–Trinajstić information content (AvgIpc) is 3.32. The molecule has 4 rings (SSSR count). The molecule has 1 saturated heterocycles. The quantitative estimate of drug-likeness (QED) is 0.683. The lowest BCUT2D eigenvalue weighted by atomic mass is 9.95. The van der Waals surface area contributed by atoms with Crippen LogP contribution in [0.25, 0.3) is 5.69 Å². The highest BCUT2D eigenvalue weighted by Crippen LogP contribution is 2.21. The molecule has 1 aromatic heterocycles. The Morgan fingerprint density at radius 1 is 1.06 bits per heavy atom. The van der Waals surface area contributed by atoms with Gasteiger partial charge in [0.05, 0.1) is 11.3 Å². The molecule has 0 bridgehead atoms. The highest BCUT2D eigenvalue weighted by Gasteiger charge is 2.28. The Balaban J connectivity index is 1.27. The van der Waals surface area contributed by atoms with Crippen LogP contribution in [0.2, 0.25) is 0 Å². The van der Waals surface area contributed by atoms with E-state index in [2.05, 4.69) is 10.4 Å². The Kier molecular flexibility index (Phi) is 6.06. The lowest BCUT2D eigenvalue weighted by Gasteiger charge is -2.31. The Hall–Kier alpha value is -3.55. The number of rotatable bonds is 5. The number of hydrogen-bond acceptors (Lipinski definition) is 3. The van der Waals surface area contributed by atoms with Crippen LogP contribution in [0, 0.1) is 17.6 Å². The molecule has 0 saturated carbocycles. The van der Waals surface area contributed by atoms with Crippen LogP contribution in [0.5, 0.6) is 0 Å². The van der Waals surface area contributed by atoms with Gasteiger partial charge in [-0.05, 0) is 48.7 Å². The van der Waals surface area contributed by atoms with Crippen molar-refractivity contribution in [1.82, 2.24) is 20.0 Å². The fourth-order valence-corrected chi connectivity index (χ4v) is 3.70. The predicted octanol–water partition coefficient (Wildman–Crippen LogP) is 3.32. The summed E-state index contributed by atoms with van der Waals surface area (Å²) in [4.78, 5) is 26.5. The van der Waals surface area contributed by atoms with Crippen molar-refractivity contribution in [2.24, 2.45) is 5.92 Å². The summed E-state index contributed by atoms with van der Waals surface area (Å²) in [5, 5.41) is 7.13. The van der Waals surface area contributed by atoms with Crippen molar-refractivity contribution >= 4 is 11.8 Å². The molecule has 6 nitrogen and oxygen atoms in total. The second kappa shape index (κ2) is 9.07. The van der Waals surface area contributed by atoms with E-state index in [-0.39, 0.29) is 17.4 Å². The zero-order valence-corrected chi connectivity index (χ0v) is 16.8. The number of benzene rings is 2. The number of halogens is 2. The van der Waals surface area contributed by atoms with E-state index in [1.807, 2.05) is 36.5 Å². The number of carbonyl (C=O) groups excluding carboxylic acids is 2. The second-order valence-electron chi connectivity index (χ2n) is 7.53. The lowest BCUT2D eigenvalue weighted by molar-refractivity contribution is -0.126. The molecule has 160 valence electrons. The maximum Gasteiger partial charge on any atom is 0.256 e. The van der Waals surface area contributed by atoms with Gasteiger partial charge in [0.15, 0.2) is 0 Å². The molecule has 0 aliphatic carbocycles. The van der Waals surface area contributed by atoms with Crippen LogP contribution in [-0.2, 0) is 11.3 Å². The first-order chi connectivity index (χ1) is 15.0. The first-order valence-electron chi connectivity index (χ1n) is 10.1. The van der Waals surface area contributed by atoms with E-state index in [9.17, 15) is 18.4 Å². The second-order valence-corrected chi connectivity index (χ2v) is 7.53. The van der Waals surface area contributed by atoms with E-state index in [0.29, 0.717) is 38.5 Å². The zero-order chi connectivity index (χ0) is 21.8. The molecule has 3 aromatic rings. The van der Waals surface area contributed by atoms with E-state index < -0.39 is 17.5 Å². The average molecular weight is 424 g/mol. The molecule has 0 spiro atoms. The Bertz CT molecular complexity index is 1060. The largest absolute Gasteiger partial charge is 0.352 e. The van der Waals surface area contributed by atoms with Crippen molar-refractivity contribution in [1.29, 1.82) is 0 Å². The van der Waals surface area contributed by atoms with Crippen molar-refractivity contribution < 1.29 is 18.4 Å². The Morgan fingerprint density at radius 3 is 2.45 bits per heavy atom. The third kappa shape index (κ3) is 4.79. The normalized spacial score (nSPS) is 14.5. The molecule has 2 aromatic carbocycles. The van der Waals surface area contributed by atoms with Gasteiger partial charge in [-0.1, -0.05) is 12.1 Å². The third-order valence-corrected chi connectivity index (χ3v) is 5.49. The standard InChI is InChI=1S/C23H22F2N4O2/c24-18-4-7-20(21(25)14-18)23(31)28-12-8-17(9-13-28)22(30)26-15-16-2-5-19(6-3-16)29-11-1-10-27-29/h1-7,10-11,14,17H,8-9,12-13,15H2,(H,26,30). The highest BCUT2D eigenvalue weighted by molar-refractivity contribution is 5.94. The fourth-order valence-electron chi connectivity index (χ4n) is 3.70. The van der Waals surface area contributed by atoms with Crippen molar-refractivity contribution in [2.45, 2.75) is 19.4 Å². The van der Waals surface area contributed by atoms with Crippen LogP contribution in [0.1, 0.15) is 28.8 Å². The predicted molar refractivity (Wildman–Crippen MR) is 110 cm³/mol. The smallest absolute Gasteiger partial charge is 0.256 e. The molecule has 8 heteroatoms. The first-order valence-corrected chi connectivity index (χ1v) is 10.1. The number of carbonyl (C=O) groups is 2. The van der Waals surface area contributed by atoms with Crippen molar-refractivity contribution in [2.75, 3.05) is 13.1 Å². The number of amides is 2. The van der Waals surface area contributed by atoms with E-state index in [1.165, 1.54) is 4.90 Å². The van der Waals surface area contributed by atoms with Gasteiger partial charge in [0.1, 0.15) is 11.6 Å². The zero-order valence-electron chi connectivity index (χ0n) is 16.8. The first kappa shape index (κ1) is 20.7. The van der Waals surface area contributed by atoms with Crippen molar-refractivity contribution in [3.05, 3.63) is 83.7 Å². The summed E-state index contributed by atoms with van der Waals surface area (Å²) in [7, 11) is 0. The van der Waals surface area contributed by atoms with Gasteiger partial charge < -0.3 is 10.2 Å². The minimum absolute atomic E-state index is 0.0591. The van der Waals surface area contributed by atoms with Gasteiger partial charge in [-0.25, -0.2) is 13.5 Å². The number of nitrogens with one attached hydrogen (secondary N) is 1. The summed E-state index contributed by atoms with van der Waals surface area (Å²) in [6.45, 7) is 1.12. The van der Waals surface area contributed by atoms with Crippen LogP contribution < -0.4 is 5.32 Å². The summed E-state index contributed by atoms with van der Waals surface area (Å²) in [6, 6.07) is 12.5. The fraction of sp³-hybridized carbons (Fsp3) is 0.261. The molecule has 2 heterocycles. The Morgan fingerprint density at radius 2 is 1.81 bits per heavy atom. The number of piperidine rings is 1. The highest BCUT2D eigenvalue weighted by atomic mass is 19.1. The van der Waals surface area contributed by atoms with Crippen LogP contribution in [0.4, 0.5) is 8.78 Å². The summed E-state index contributed by atoms with van der Waals surface area (Å²) in [6.07, 6.45) is 4.57. The minimum atomic E-state index is -0.872. The molecule has 1 N–H and O–H groups in total. The SMILES string of the molecule is O=C(NCc1ccc(-n2cccn2)cc1)C1CCN(C(=O)c2ccc(F)cc2F)CC1. The maximum absolute atomic E-state index is 13.9. The van der Waals surface area contributed by atoms with Crippen LogP contribution in [0.3, 0.4) is 0 Å². The summed E-state index contributed by atoms with van der Waals surface area (Å²) < 4.78 is 28.7. The molecular formula is C23H22F2N4O2. The van der Waals surface area contributed by atoms with Gasteiger partial charge in [0, 0.05) is 44.0 Å². The van der Waals surface area contributed by atoms with Gasteiger partial charge in [0.25, 0.3) is 5.91 Å². The van der Waals surface area contributed by atoms with Crippen molar-refractivity contribution in [3.8, 4) is 5.69 Å². The monoisotopic (exact) mass is 424 g/mol. The number of aromatic nitrogens is 2. The lowest BCUT2D eigenvalue weighted by Crippen LogP contribution is -2.43. The van der Waals surface area contributed by atoms with Crippen LogP contribution in [0.15, 0.2) is 60.9 Å². The van der Waals surface area contributed by atoms with Crippen molar-refractivity contribution in [3.63, 3.8) is 0 Å². The molecule has 0 unspecified atom stereocenters. The van der Waals surface area contributed by atoms with E-state index in [1.54, 1.807) is 10.9 Å². The molecule has 2 amide bonds. The molecule has 0 atom stereocenters. The van der Waals surface area contributed by atoms with E-state index in [0.717, 1.165) is 23.4 Å². The number of likely N-dealkylation sites (tertiary alicyclic amines) is 1. The molecule has 31 heavy (non-hydrogen) atoms. The van der Waals surface area contributed by atoms with E-state index >= 15 is 0 Å². The molecule has 0 radical (unpaired) electrons. The summed E-state index contributed by atoms with van der Waals surface area (Å²) in [5.41, 5.74) is 1.77.